The quantitative estimate of drug-likeness (QED) is 0.327. The Morgan fingerprint density at radius 1 is 0.645 bits per heavy atom. The van der Waals surface area contributed by atoms with Gasteiger partial charge in [0.2, 0.25) is 0 Å². The highest BCUT2D eigenvalue weighted by Gasteiger charge is 2.20. The minimum Gasteiger partial charge on any atom is -0.361 e. The highest BCUT2D eigenvalue weighted by atomic mass is 14.8. The Kier molecular flexibility index (Phi) is 4.14. The first-order chi connectivity index (χ1) is 15.4. The molecule has 1 aliphatic heterocycles. The number of rotatable bonds is 3. The van der Waals surface area contributed by atoms with Gasteiger partial charge in [-0.05, 0) is 28.8 Å². The number of aromatic amines is 1. The Labute approximate surface area is 181 Å². The summed E-state index contributed by atoms with van der Waals surface area (Å²) in [6.45, 7) is 0. The average molecular weight is 396 g/mol. The van der Waals surface area contributed by atoms with E-state index in [2.05, 4.69) is 107 Å². The second kappa shape index (κ2) is 7.26. The zero-order valence-corrected chi connectivity index (χ0v) is 16.9. The molecule has 1 aliphatic rings. The molecule has 0 spiro atoms. The minimum atomic E-state index is 1.02. The Balaban J connectivity index is 1.58. The Morgan fingerprint density at radius 2 is 1.35 bits per heavy atom. The van der Waals surface area contributed by atoms with Crippen molar-refractivity contribution in [3.8, 4) is 11.1 Å². The summed E-state index contributed by atoms with van der Waals surface area (Å²) in [6, 6.07) is 36.2. The Bertz CT molecular complexity index is 1450. The van der Waals surface area contributed by atoms with Gasteiger partial charge in [0.25, 0.3) is 0 Å². The molecule has 0 atom stereocenters. The molecule has 0 amide bonds. The number of para-hydroxylation sites is 2. The van der Waals surface area contributed by atoms with Crippen LogP contribution in [-0.2, 0) is 0 Å². The van der Waals surface area contributed by atoms with Crippen LogP contribution in [0.5, 0.6) is 0 Å². The smallest absolute Gasteiger partial charge is 0.0709 e. The number of fused-ring (bicyclic) bond motifs is 2. The third-order valence-corrected chi connectivity index (χ3v) is 5.94. The van der Waals surface area contributed by atoms with Crippen molar-refractivity contribution < 1.29 is 0 Å². The molecule has 2 heterocycles. The zero-order chi connectivity index (χ0) is 20.6. The fraction of sp³-hybridized carbons (Fsp3) is 0. The van der Waals surface area contributed by atoms with Gasteiger partial charge >= 0.3 is 0 Å². The van der Waals surface area contributed by atoms with Gasteiger partial charge in [-0.15, -0.1) is 0 Å². The molecule has 4 aromatic carbocycles. The van der Waals surface area contributed by atoms with Crippen molar-refractivity contribution in [2.45, 2.75) is 0 Å². The van der Waals surface area contributed by atoms with Crippen LogP contribution in [0, 0.1) is 0 Å². The van der Waals surface area contributed by atoms with Gasteiger partial charge in [0.15, 0.2) is 0 Å². The molecule has 146 valence electrons. The molecule has 0 fully saturated rings. The van der Waals surface area contributed by atoms with Gasteiger partial charge in [0.05, 0.1) is 5.69 Å². The predicted molar refractivity (Wildman–Crippen MR) is 131 cm³/mol. The molecule has 1 aromatic heterocycles. The summed E-state index contributed by atoms with van der Waals surface area (Å²) in [5, 5.41) is 1.22. The van der Waals surface area contributed by atoms with Crippen LogP contribution in [0.15, 0.2) is 114 Å². The van der Waals surface area contributed by atoms with Crippen molar-refractivity contribution in [1.82, 2.24) is 4.98 Å². The summed E-state index contributed by atoms with van der Waals surface area (Å²) in [4.78, 5) is 8.13. The van der Waals surface area contributed by atoms with Gasteiger partial charge in [-0.2, -0.15) is 0 Å². The molecule has 0 saturated heterocycles. The van der Waals surface area contributed by atoms with E-state index in [0.717, 1.165) is 16.8 Å². The molecule has 5 aromatic rings. The molecule has 0 saturated carbocycles. The second-order valence-electron chi connectivity index (χ2n) is 7.76. The van der Waals surface area contributed by atoms with E-state index in [1.165, 1.54) is 38.8 Å². The summed E-state index contributed by atoms with van der Waals surface area (Å²) in [6.07, 6.45) is 4.12. The van der Waals surface area contributed by atoms with Crippen LogP contribution in [0.2, 0.25) is 0 Å². The van der Waals surface area contributed by atoms with Crippen LogP contribution in [0.4, 0.5) is 5.69 Å². The summed E-state index contributed by atoms with van der Waals surface area (Å²) in [7, 11) is 0. The number of nitrogens with zero attached hydrogens (tertiary/aromatic N) is 1. The molecular weight excluding hydrogens is 376 g/mol. The van der Waals surface area contributed by atoms with Gasteiger partial charge < -0.3 is 4.98 Å². The average Bonchev–Trinajstić information content (AvgIpc) is 3.46. The SMILES string of the molecule is C1=Nc2ccccc2C1=C(c1ccc(-c2ccccc2)cc1)c1c[nH]c2ccccc12. The molecule has 0 radical (unpaired) electrons. The van der Waals surface area contributed by atoms with Crippen LogP contribution < -0.4 is 0 Å². The van der Waals surface area contributed by atoms with Crippen molar-refractivity contribution in [3.05, 3.63) is 126 Å². The summed E-state index contributed by atoms with van der Waals surface area (Å²) in [5.74, 6) is 0. The molecule has 2 heteroatoms. The number of nitrogens with one attached hydrogen (secondary N) is 1. The number of aliphatic imine (C=N–C) groups is 1. The van der Waals surface area contributed by atoms with Gasteiger partial charge in [0.1, 0.15) is 0 Å². The maximum Gasteiger partial charge on any atom is 0.0709 e. The lowest BCUT2D eigenvalue weighted by atomic mass is 9.89. The number of allylic oxidation sites excluding steroid dienone is 1. The first-order valence-electron chi connectivity index (χ1n) is 10.5. The topological polar surface area (TPSA) is 28.1 Å². The first kappa shape index (κ1) is 17.7. The van der Waals surface area contributed by atoms with E-state index in [-0.39, 0.29) is 0 Å². The number of hydrogen-bond donors (Lipinski definition) is 1. The molecule has 0 bridgehead atoms. The van der Waals surface area contributed by atoms with Gasteiger partial charge in [-0.3, -0.25) is 4.99 Å². The van der Waals surface area contributed by atoms with Crippen molar-refractivity contribution in [1.29, 1.82) is 0 Å². The molecule has 2 nitrogen and oxygen atoms in total. The first-order valence-corrected chi connectivity index (χ1v) is 10.5. The molecule has 0 unspecified atom stereocenters. The zero-order valence-electron chi connectivity index (χ0n) is 16.9. The van der Waals surface area contributed by atoms with E-state index in [1.54, 1.807) is 0 Å². The Hall–Kier alpha value is -4.17. The van der Waals surface area contributed by atoms with E-state index in [4.69, 9.17) is 0 Å². The monoisotopic (exact) mass is 396 g/mol. The fourth-order valence-corrected chi connectivity index (χ4v) is 4.41. The van der Waals surface area contributed by atoms with Crippen molar-refractivity contribution >= 4 is 34.0 Å². The number of aromatic nitrogens is 1. The van der Waals surface area contributed by atoms with Crippen molar-refractivity contribution in [2.24, 2.45) is 4.99 Å². The van der Waals surface area contributed by atoms with E-state index in [9.17, 15) is 0 Å². The fourth-order valence-electron chi connectivity index (χ4n) is 4.41. The van der Waals surface area contributed by atoms with E-state index in [1.807, 2.05) is 18.3 Å². The third kappa shape index (κ3) is 3.01. The maximum absolute atomic E-state index is 4.69. The highest BCUT2D eigenvalue weighted by Crippen LogP contribution is 2.41. The van der Waals surface area contributed by atoms with Crippen LogP contribution in [-0.4, -0.2) is 11.2 Å². The molecule has 0 aliphatic carbocycles. The lowest BCUT2D eigenvalue weighted by Crippen LogP contribution is -1.94. The summed E-state index contributed by atoms with van der Waals surface area (Å²) < 4.78 is 0. The minimum absolute atomic E-state index is 1.02. The molecular formula is C29H20N2. The van der Waals surface area contributed by atoms with E-state index >= 15 is 0 Å². The molecule has 31 heavy (non-hydrogen) atoms. The van der Waals surface area contributed by atoms with Gasteiger partial charge in [-0.1, -0.05) is 91.0 Å². The van der Waals surface area contributed by atoms with Crippen LogP contribution in [0.1, 0.15) is 16.7 Å². The summed E-state index contributed by atoms with van der Waals surface area (Å²) >= 11 is 0. The van der Waals surface area contributed by atoms with Crippen LogP contribution in [0.3, 0.4) is 0 Å². The van der Waals surface area contributed by atoms with Crippen LogP contribution in [0.25, 0.3) is 33.2 Å². The number of benzene rings is 4. The number of H-pyrrole nitrogens is 1. The lowest BCUT2D eigenvalue weighted by Gasteiger charge is -2.13. The highest BCUT2D eigenvalue weighted by molar-refractivity contribution is 6.27. The number of hydrogen-bond acceptors (Lipinski definition) is 1. The molecule has 6 rings (SSSR count). The summed E-state index contributed by atoms with van der Waals surface area (Å²) in [5.41, 5.74) is 10.5. The largest absolute Gasteiger partial charge is 0.361 e. The van der Waals surface area contributed by atoms with Gasteiger partial charge in [-0.25, -0.2) is 0 Å². The predicted octanol–water partition coefficient (Wildman–Crippen LogP) is 7.51. The third-order valence-electron chi connectivity index (χ3n) is 5.94. The molecule has 1 N–H and O–H groups in total. The Morgan fingerprint density at radius 3 is 2.23 bits per heavy atom. The lowest BCUT2D eigenvalue weighted by molar-refractivity contribution is 1.46. The maximum atomic E-state index is 4.69. The van der Waals surface area contributed by atoms with Crippen molar-refractivity contribution in [3.63, 3.8) is 0 Å². The van der Waals surface area contributed by atoms with Crippen LogP contribution >= 0.6 is 0 Å². The normalized spacial score (nSPS) is 14.1. The van der Waals surface area contributed by atoms with E-state index < -0.39 is 0 Å². The van der Waals surface area contributed by atoms with Crippen molar-refractivity contribution in [2.75, 3.05) is 0 Å². The second-order valence-corrected chi connectivity index (χ2v) is 7.76. The van der Waals surface area contributed by atoms with Gasteiger partial charge in [0, 0.05) is 45.6 Å². The van der Waals surface area contributed by atoms with E-state index in [0.29, 0.717) is 0 Å². The standard InChI is InChI=1S/C29H20N2/c1-2-8-20(9-3-1)21-14-16-22(17-15-21)29(25-18-30-27-12-6-4-10-23(25)27)26-19-31-28-13-7-5-11-24(26)28/h1-19,30H.